The molecule has 2 aromatic rings. The zero-order chi connectivity index (χ0) is 21.1. The average molecular weight is 419 g/mol. The highest BCUT2D eigenvalue weighted by Gasteiger charge is 2.07. The van der Waals surface area contributed by atoms with Gasteiger partial charge in [-0.05, 0) is 58.7 Å². The summed E-state index contributed by atoms with van der Waals surface area (Å²) < 4.78 is 11.3. The van der Waals surface area contributed by atoms with Gasteiger partial charge in [-0.2, -0.15) is 0 Å². The van der Waals surface area contributed by atoms with Gasteiger partial charge in [-0.3, -0.25) is 4.99 Å². The Morgan fingerprint density at radius 1 is 1.03 bits per heavy atom. The van der Waals surface area contributed by atoms with Gasteiger partial charge in [0.25, 0.3) is 0 Å². The summed E-state index contributed by atoms with van der Waals surface area (Å²) in [6.45, 7) is 13.8. The fraction of sp³-hybridized carbons (Fsp3) is 0.545. The molecule has 1 aromatic heterocycles. The lowest BCUT2D eigenvalue weighted by molar-refractivity contribution is 0.287. The van der Waals surface area contributed by atoms with Gasteiger partial charge in [-0.25, -0.2) is 4.98 Å². The molecule has 0 unspecified atom stereocenters. The first-order valence-electron chi connectivity index (χ1n) is 10.4. The van der Waals surface area contributed by atoms with E-state index in [1.165, 1.54) is 10.4 Å². The second kappa shape index (κ2) is 12.3. The molecule has 0 amide bonds. The third-order valence-electron chi connectivity index (χ3n) is 4.33. The normalized spacial score (nSPS) is 11.4. The summed E-state index contributed by atoms with van der Waals surface area (Å²) in [5.74, 6) is 2.45. The Morgan fingerprint density at radius 2 is 1.79 bits per heavy atom. The SMILES string of the molecule is CCNC(=NCCc1nc(C)c(C)s1)NCCc1ccc(OCC)c(OCC)c1. The molecule has 0 fully saturated rings. The molecular weight excluding hydrogens is 384 g/mol. The van der Waals surface area contributed by atoms with E-state index < -0.39 is 0 Å². The molecule has 7 heteroatoms. The van der Waals surface area contributed by atoms with Crippen molar-refractivity contribution in [3.05, 3.63) is 39.3 Å². The number of nitrogens with zero attached hydrogens (tertiary/aromatic N) is 2. The highest BCUT2D eigenvalue weighted by Crippen LogP contribution is 2.28. The van der Waals surface area contributed by atoms with E-state index in [4.69, 9.17) is 9.47 Å². The standard InChI is InChI=1S/C22H34N4O2S/c1-6-23-22(25-14-12-21-26-16(4)17(5)29-21)24-13-11-18-9-10-19(27-7-2)20(15-18)28-8-3/h9-10,15H,6-8,11-14H2,1-5H3,(H2,23,24,25). The molecule has 1 aromatic carbocycles. The number of hydrogen-bond donors (Lipinski definition) is 2. The summed E-state index contributed by atoms with van der Waals surface area (Å²) in [6.07, 6.45) is 1.74. The summed E-state index contributed by atoms with van der Waals surface area (Å²) in [5, 5.41) is 7.87. The monoisotopic (exact) mass is 418 g/mol. The van der Waals surface area contributed by atoms with Crippen LogP contribution in [-0.4, -0.2) is 43.8 Å². The highest BCUT2D eigenvalue weighted by molar-refractivity contribution is 7.11. The minimum absolute atomic E-state index is 0.622. The van der Waals surface area contributed by atoms with Crippen molar-refractivity contribution in [1.29, 1.82) is 0 Å². The molecule has 160 valence electrons. The summed E-state index contributed by atoms with van der Waals surface area (Å²) in [6, 6.07) is 6.14. The van der Waals surface area contributed by atoms with Gasteiger partial charge in [0, 0.05) is 30.9 Å². The van der Waals surface area contributed by atoms with Crippen LogP contribution in [0.25, 0.3) is 0 Å². The number of aryl methyl sites for hydroxylation is 2. The Morgan fingerprint density at radius 3 is 2.45 bits per heavy atom. The summed E-state index contributed by atoms with van der Waals surface area (Å²) >= 11 is 1.76. The topological polar surface area (TPSA) is 67.8 Å². The fourth-order valence-electron chi connectivity index (χ4n) is 2.83. The Hall–Kier alpha value is -2.28. The van der Waals surface area contributed by atoms with Crippen LogP contribution in [0, 0.1) is 13.8 Å². The summed E-state index contributed by atoms with van der Waals surface area (Å²) in [4.78, 5) is 10.6. The number of guanidine groups is 1. The molecule has 0 atom stereocenters. The maximum Gasteiger partial charge on any atom is 0.191 e. The van der Waals surface area contributed by atoms with Gasteiger partial charge in [0.2, 0.25) is 0 Å². The van der Waals surface area contributed by atoms with Crippen LogP contribution in [0.2, 0.25) is 0 Å². The van der Waals surface area contributed by atoms with E-state index in [0.29, 0.717) is 13.2 Å². The molecule has 0 aliphatic heterocycles. The molecular formula is C22H34N4O2S. The van der Waals surface area contributed by atoms with Crippen molar-refractivity contribution in [3.8, 4) is 11.5 Å². The predicted molar refractivity (Wildman–Crippen MR) is 122 cm³/mol. The molecule has 0 spiro atoms. The lowest BCUT2D eigenvalue weighted by atomic mass is 10.1. The Kier molecular flexibility index (Phi) is 9.77. The molecule has 6 nitrogen and oxygen atoms in total. The lowest BCUT2D eigenvalue weighted by Gasteiger charge is -2.14. The Labute approximate surface area is 178 Å². The van der Waals surface area contributed by atoms with Crippen LogP contribution < -0.4 is 20.1 Å². The quantitative estimate of drug-likeness (QED) is 0.428. The number of aliphatic imine (C=N–C) groups is 1. The lowest BCUT2D eigenvalue weighted by Crippen LogP contribution is -2.38. The van der Waals surface area contributed by atoms with Crippen molar-refractivity contribution in [3.63, 3.8) is 0 Å². The van der Waals surface area contributed by atoms with Gasteiger partial charge in [0.1, 0.15) is 0 Å². The zero-order valence-electron chi connectivity index (χ0n) is 18.3. The second-order valence-electron chi connectivity index (χ2n) is 6.58. The van der Waals surface area contributed by atoms with E-state index in [-0.39, 0.29) is 0 Å². The van der Waals surface area contributed by atoms with Crippen LogP contribution >= 0.6 is 11.3 Å². The third-order valence-corrected chi connectivity index (χ3v) is 5.46. The molecule has 0 saturated carbocycles. The Balaban J connectivity index is 1.88. The smallest absolute Gasteiger partial charge is 0.191 e. The molecule has 0 aliphatic carbocycles. The molecule has 0 bridgehead atoms. The maximum atomic E-state index is 5.72. The first-order chi connectivity index (χ1) is 14.1. The van der Waals surface area contributed by atoms with Crippen molar-refractivity contribution in [2.75, 3.05) is 32.8 Å². The number of ether oxygens (including phenoxy) is 2. The summed E-state index contributed by atoms with van der Waals surface area (Å²) in [5.41, 5.74) is 2.33. The van der Waals surface area contributed by atoms with Gasteiger partial charge in [-0.15, -0.1) is 11.3 Å². The van der Waals surface area contributed by atoms with Crippen LogP contribution in [0.4, 0.5) is 0 Å². The van der Waals surface area contributed by atoms with Gasteiger partial charge in [0.05, 0.1) is 23.9 Å². The molecule has 0 aliphatic rings. The minimum atomic E-state index is 0.622. The number of benzene rings is 1. The summed E-state index contributed by atoms with van der Waals surface area (Å²) in [7, 11) is 0. The van der Waals surface area contributed by atoms with Crippen LogP contribution in [0.15, 0.2) is 23.2 Å². The fourth-order valence-corrected chi connectivity index (χ4v) is 3.75. The number of hydrogen-bond acceptors (Lipinski definition) is 5. The zero-order valence-corrected chi connectivity index (χ0v) is 19.1. The van der Waals surface area contributed by atoms with Gasteiger partial charge >= 0.3 is 0 Å². The average Bonchev–Trinajstić information content (AvgIpc) is 3.01. The van der Waals surface area contributed by atoms with Crippen molar-refractivity contribution in [2.24, 2.45) is 4.99 Å². The maximum absolute atomic E-state index is 5.72. The number of rotatable bonds is 11. The molecule has 1 heterocycles. The number of aromatic nitrogens is 1. The van der Waals surface area contributed by atoms with Gasteiger partial charge < -0.3 is 20.1 Å². The van der Waals surface area contributed by atoms with E-state index in [2.05, 4.69) is 53.5 Å². The van der Waals surface area contributed by atoms with E-state index in [0.717, 1.165) is 60.6 Å². The number of nitrogens with one attached hydrogen (secondary N) is 2. The first-order valence-corrected chi connectivity index (χ1v) is 11.2. The molecule has 2 rings (SSSR count). The van der Waals surface area contributed by atoms with E-state index in [1.54, 1.807) is 11.3 Å². The van der Waals surface area contributed by atoms with E-state index >= 15 is 0 Å². The van der Waals surface area contributed by atoms with Gasteiger partial charge in [0.15, 0.2) is 17.5 Å². The van der Waals surface area contributed by atoms with Gasteiger partial charge in [-0.1, -0.05) is 6.07 Å². The second-order valence-corrected chi connectivity index (χ2v) is 7.87. The minimum Gasteiger partial charge on any atom is -0.490 e. The number of thiazole rings is 1. The molecule has 0 radical (unpaired) electrons. The predicted octanol–water partition coefficient (Wildman–Crippen LogP) is 3.90. The Bertz CT molecular complexity index is 770. The molecule has 29 heavy (non-hydrogen) atoms. The van der Waals surface area contributed by atoms with Crippen molar-refractivity contribution >= 4 is 17.3 Å². The van der Waals surface area contributed by atoms with Crippen LogP contribution in [0.1, 0.15) is 41.9 Å². The van der Waals surface area contributed by atoms with Crippen molar-refractivity contribution in [2.45, 2.75) is 47.5 Å². The third kappa shape index (κ3) is 7.57. The van der Waals surface area contributed by atoms with Crippen molar-refractivity contribution < 1.29 is 9.47 Å². The van der Waals surface area contributed by atoms with Crippen LogP contribution in [0.5, 0.6) is 11.5 Å². The molecule has 2 N–H and O–H groups in total. The van der Waals surface area contributed by atoms with Crippen molar-refractivity contribution in [1.82, 2.24) is 15.6 Å². The first kappa shape index (κ1) is 23.0. The van der Waals surface area contributed by atoms with E-state index in [1.807, 2.05) is 19.9 Å². The van der Waals surface area contributed by atoms with Crippen LogP contribution in [0.3, 0.4) is 0 Å². The largest absolute Gasteiger partial charge is 0.490 e. The van der Waals surface area contributed by atoms with E-state index in [9.17, 15) is 0 Å². The van der Waals surface area contributed by atoms with Crippen LogP contribution in [-0.2, 0) is 12.8 Å². The molecule has 0 saturated heterocycles. The highest BCUT2D eigenvalue weighted by atomic mass is 32.1.